The molecule has 0 radical (unpaired) electrons. The number of hydrogen-bond acceptors (Lipinski definition) is 6. The average molecular weight is 484 g/mol. The van der Waals surface area contributed by atoms with E-state index in [1.807, 2.05) is 59.8 Å². The molecule has 1 fully saturated rings. The number of furan rings is 1. The minimum absolute atomic E-state index is 0.000779. The van der Waals surface area contributed by atoms with Gasteiger partial charge in [-0.3, -0.25) is 4.79 Å². The van der Waals surface area contributed by atoms with E-state index in [1.165, 1.54) is 0 Å². The highest BCUT2D eigenvalue weighted by molar-refractivity contribution is 6.06. The lowest BCUT2D eigenvalue weighted by Gasteiger charge is -2.31. The molecule has 8 nitrogen and oxygen atoms in total. The molecule has 0 saturated carbocycles. The third-order valence-corrected chi connectivity index (χ3v) is 7.05. The van der Waals surface area contributed by atoms with Gasteiger partial charge in [0.1, 0.15) is 17.0 Å². The number of carbonyl (C=O) groups excluding carboxylic acids is 1. The standard InChI is InChI=1S/C28H29N5O3/c1-16(2)33-26-22(15-29-33)21(14-24(30-26)20-13-17(3)35-18(20)4)28(34)32-11-9-19(10-12-32)27-31-23-7-5-6-8-25(23)36-27/h5-8,13-16,19H,9-12H2,1-4H3. The van der Waals surface area contributed by atoms with Gasteiger partial charge >= 0.3 is 0 Å². The topological polar surface area (TPSA) is 90.2 Å². The fourth-order valence-electron chi connectivity index (χ4n) is 5.16. The molecule has 8 heteroatoms. The number of aromatic nitrogens is 4. The van der Waals surface area contributed by atoms with Crippen molar-refractivity contribution >= 4 is 28.0 Å². The zero-order chi connectivity index (χ0) is 25.0. The molecule has 1 aliphatic rings. The molecule has 0 aliphatic carbocycles. The van der Waals surface area contributed by atoms with Crippen molar-refractivity contribution in [1.29, 1.82) is 0 Å². The van der Waals surface area contributed by atoms with Crippen LogP contribution in [0.3, 0.4) is 0 Å². The maximum Gasteiger partial charge on any atom is 0.254 e. The molecule has 5 aromatic rings. The molecule has 184 valence electrons. The lowest BCUT2D eigenvalue weighted by Crippen LogP contribution is -2.38. The van der Waals surface area contributed by atoms with Crippen LogP contribution >= 0.6 is 0 Å². The van der Waals surface area contributed by atoms with E-state index in [1.54, 1.807) is 6.20 Å². The van der Waals surface area contributed by atoms with Crippen molar-refractivity contribution in [2.75, 3.05) is 13.1 Å². The quantitative estimate of drug-likeness (QED) is 0.309. The number of benzene rings is 1. The van der Waals surface area contributed by atoms with Crippen molar-refractivity contribution in [2.45, 2.75) is 52.5 Å². The summed E-state index contributed by atoms with van der Waals surface area (Å²) in [6.45, 7) is 9.25. The Hall–Kier alpha value is -3.94. The number of nitrogens with zero attached hydrogens (tertiary/aromatic N) is 5. The summed E-state index contributed by atoms with van der Waals surface area (Å²) >= 11 is 0. The van der Waals surface area contributed by atoms with Crippen LogP contribution in [-0.2, 0) is 0 Å². The van der Waals surface area contributed by atoms with Gasteiger partial charge in [-0.1, -0.05) is 12.1 Å². The van der Waals surface area contributed by atoms with Crippen molar-refractivity contribution in [2.24, 2.45) is 0 Å². The van der Waals surface area contributed by atoms with Crippen LogP contribution in [0.2, 0.25) is 0 Å². The predicted molar refractivity (Wildman–Crippen MR) is 137 cm³/mol. The number of para-hydroxylation sites is 2. The number of carbonyl (C=O) groups is 1. The molecule has 6 rings (SSSR count). The highest BCUT2D eigenvalue weighted by atomic mass is 16.3. The first-order chi connectivity index (χ1) is 17.4. The van der Waals surface area contributed by atoms with Gasteiger partial charge in [0.2, 0.25) is 0 Å². The van der Waals surface area contributed by atoms with Crippen molar-refractivity contribution in [3.8, 4) is 11.3 Å². The van der Waals surface area contributed by atoms with Gasteiger partial charge in [-0.2, -0.15) is 5.10 Å². The molecule has 0 N–H and O–H groups in total. The lowest BCUT2D eigenvalue weighted by molar-refractivity contribution is 0.0708. The molecule has 0 atom stereocenters. The Balaban J connectivity index is 1.32. The molecular weight excluding hydrogens is 454 g/mol. The molecule has 1 aromatic carbocycles. The van der Waals surface area contributed by atoms with Crippen LogP contribution in [-0.4, -0.2) is 43.6 Å². The van der Waals surface area contributed by atoms with Crippen molar-refractivity contribution < 1.29 is 13.6 Å². The van der Waals surface area contributed by atoms with Crippen LogP contribution in [0.1, 0.15) is 66.4 Å². The summed E-state index contributed by atoms with van der Waals surface area (Å²) in [4.78, 5) is 25.4. The summed E-state index contributed by atoms with van der Waals surface area (Å²) in [6, 6.07) is 11.8. The number of pyridine rings is 1. The van der Waals surface area contributed by atoms with Gasteiger partial charge in [0, 0.05) is 30.6 Å². The van der Waals surface area contributed by atoms with Gasteiger partial charge < -0.3 is 13.7 Å². The number of fused-ring (bicyclic) bond motifs is 2. The number of hydrogen-bond donors (Lipinski definition) is 0. The SMILES string of the molecule is Cc1cc(-c2cc(C(=O)N3CCC(c4nc5ccccc5o4)CC3)c3cnn(C(C)C)c3n2)c(C)o1. The summed E-state index contributed by atoms with van der Waals surface area (Å²) in [5, 5.41) is 5.33. The molecule has 4 aromatic heterocycles. The maximum absolute atomic E-state index is 13.8. The second kappa shape index (κ2) is 8.62. The van der Waals surface area contributed by atoms with Gasteiger partial charge in [0.15, 0.2) is 17.1 Å². The Morgan fingerprint density at radius 3 is 2.53 bits per heavy atom. The van der Waals surface area contributed by atoms with Crippen LogP contribution in [0.25, 0.3) is 33.4 Å². The molecular formula is C28H29N5O3. The highest BCUT2D eigenvalue weighted by Crippen LogP contribution is 2.33. The third kappa shape index (κ3) is 3.77. The van der Waals surface area contributed by atoms with Crippen LogP contribution in [0.15, 0.2) is 51.4 Å². The van der Waals surface area contributed by atoms with Crippen molar-refractivity contribution in [1.82, 2.24) is 24.6 Å². The number of oxazole rings is 1. The van der Waals surface area contributed by atoms with E-state index in [2.05, 4.69) is 23.9 Å². The number of likely N-dealkylation sites (tertiary alicyclic amines) is 1. The predicted octanol–water partition coefficient (Wildman–Crippen LogP) is 6.05. The van der Waals surface area contributed by atoms with E-state index < -0.39 is 0 Å². The molecule has 36 heavy (non-hydrogen) atoms. The summed E-state index contributed by atoms with van der Waals surface area (Å²) in [7, 11) is 0. The zero-order valence-electron chi connectivity index (χ0n) is 21.0. The van der Waals surface area contributed by atoms with E-state index in [0.717, 1.165) is 58.0 Å². The zero-order valence-corrected chi connectivity index (χ0v) is 21.0. The first-order valence-electron chi connectivity index (χ1n) is 12.5. The first kappa shape index (κ1) is 22.5. The second-order valence-corrected chi connectivity index (χ2v) is 9.89. The first-order valence-corrected chi connectivity index (χ1v) is 12.5. The Labute approximate surface area is 208 Å². The Morgan fingerprint density at radius 1 is 1.06 bits per heavy atom. The highest BCUT2D eigenvalue weighted by Gasteiger charge is 2.29. The molecule has 1 amide bonds. The molecule has 0 unspecified atom stereocenters. The largest absolute Gasteiger partial charge is 0.466 e. The van der Waals surface area contributed by atoms with Gasteiger partial charge in [-0.05, 0) is 64.8 Å². The second-order valence-electron chi connectivity index (χ2n) is 9.89. The van der Waals surface area contributed by atoms with E-state index in [0.29, 0.717) is 24.3 Å². The third-order valence-electron chi connectivity index (χ3n) is 7.05. The summed E-state index contributed by atoms with van der Waals surface area (Å²) in [6.07, 6.45) is 3.38. The fraction of sp³-hybridized carbons (Fsp3) is 0.357. The smallest absolute Gasteiger partial charge is 0.254 e. The molecule has 0 spiro atoms. The Morgan fingerprint density at radius 2 is 1.83 bits per heavy atom. The van der Waals surface area contributed by atoms with Crippen molar-refractivity contribution in [3.05, 3.63) is 65.6 Å². The van der Waals surface area contributed by atoms with E-state index in [-0.39, 0.29) is 17.9 Å². The van der Waals surface area contributed by atoms with Crippen LogP contribution in [0.5, 0.6) is 0 Å². The van der Waals surface area contributed by atoms with Crippen molar-refractivity contribution in [3.63, 3.8) is 0 Å². The van der Waals surface area contributed by atoms with E-state index >= 15 is 0 Å². The average Bonchev–Trinajstić information content (AvgIpc) is 3.59. The van der Waals surface area contributed by atoms with Crippen LogP contribution in [0, 0.1) is 13.8 Å². The van der Waals surface area contributed by atoms with Gasteiger partial charge in [-0.15, -0.1) is 0 Å². The number of aryl methyl sites for hydroxylation is 2. The van der Waals surface area contributed by atoms with E-state index in [9.17, 15) is 4.79 Å². The normalized spacial score (nSPS) is 15.0. The summed E-state index contributed by atoms with van der Waals surface area (Å²) in [5.74, 6) is 2.57. The summed E-state index contributed by atoms with van der Waals surface area (Å²) < 4.78 is 13.6. The summed E-state index contributed by atoms with van der Waals surface area (Å²) in [5.41, 5.74) is 4.65. The monoisotopic (exact) mass is 483 g/mol. The van der Waals surface area contributed by atoms with Gasteiger partial charge in [-0.25, -0.2) is 14.6 Å². The number of rotatable bonds is 4. The van der Waals surface area contributed by atoms with Gasteiger partial charge in [0.05, 0.1) is 22.8 Å². The van der Waals surface area contributed by atoms with Gasteiger partial charge in [0.25, 0.3) is 5.91 Å². The maximum atomic E-state index is 13.8. The molecule has 0 bridgehead atoms. The Bertz CT molecular complexity index is 1550. The number of piperidine rings is 1. The molecule has 5 heterocycles. The van der Waals surface area contributed by atoms with Crippen LogP contribution < -0.4 is 0 Å². The minimum Gasteiger partial charge on any atom is -0.466 e. The molecule has 1 aliphatic heterocycles. The molecule has 1 saturated heterocycles. The lowest BCUT2D eigenvalue weighted by atomic mass is 9.96. The minimum atomic E-state index is 0.000779. The number of amides is 1. The fourth-order valence-corrected chi connectivity index (χ4v) is 5.16. The Kier molecular flexibility index (Phi) is 5.39. The van der Waals surface area contributed by atoms with E-state index in [4.69, 9.17) is 13.8 Å². The van der Waals surface area contributed by atoms with Crippen LogP contribution in [0.4, 0.5) is 0 Å².